The first-order valence-electron chi connectivity index (χ1n) is 4.69. The van der Waals surface area contributed by atoms with Crippen LogP contribution < -0.4 is 11.6 Å². The van der Waals surface area contributed by atoms with Crippen molar-refractivity contribution in [2.75, 3.05) is 11.6 Å². The summed E-state index contributed by atoms with van der Waals surface area (Å²) in [4.78, 5) is 0.560. The van der Waals surface area contributed by atoms with Crippen molar-refractivity contribution >= 4 is 17.4 Å². The van der Waals surface area contributed by atoms with Crippen LogP contribution in [-0.2, 0) is 6.18 Å². The van der Waals surface area contributed by atoms with Gasteiger partial charge in [0, 0.05) is 10.6 Å². The molecule has 0 bridgehead atoms. The van der Waals surface area contributed by atoms with E-state index >= 15 is 0 Å². The first-order valence-corrected chi connectivity index (χ1v) is 5.51. The Balaban J connectivity index is 2.32. The van der Waals surface area contributed by atoms with Crippen molar-refractivity contribution in [1.82, 2.24) is 14.9 Å². The maximum atomic E-state index is 12.4. The molecule has 2 rings (SSSR count). The summed E-state index contributed by atoms with van der Waals surface area (Å²) >= 11 is 0.917. The zero-order chi connectivity index (χ0) is 13.3. The van der Waals surface area contributed by atoms with Crippen LogP contribution in [0.2, 0.25) is 0 Å². The topological polar surface area (TPSA) is 82.8 Å². The van der Waals surface area contributed by atoms with Gasteiger partial charge in [0.25, 0.3) is 5.82 Å². The number of halogens is 3. The molecular weight excluding hydrogens is 267 g/mol. The highest BCUT2D eigenvalue weighted by Gasteiger charge is 2.38. The van der Waals surface area contributed by atoms with E-state index in [1.807, 2.05) is 0 Å². The Labute approximate surface area is 104 Å². The average molecular weight is 275 g/mol. The molecule has 0 unspecified atom stereocenters. The fourth-order valence-electron chi connectivity index (χ4n) is 1.21. The molecule has 18 heavy (non-hydrogen) atoms. The minimum Gasteiger partial charge on any atom is -0.398 e. The summed E-state index contributed by atoms with van der Waals surface area (Å²) in [7, 11) is 0. The van der Waals surface area contributed by atoms with E-state index in [1.54, 1.807) is 24.3 Å². The largest absolute Gasteiger partial charge is 0.453 e. The molecule has 1 aromatic carbocycles. The number of hydrogen-bond donors (Lipinski definition) is 2. The maximum absolute atomic E-state index is 12.4. The number of alkyl halides is 3. The molecule has 1 heterocycles. The number of benzene rings is 1. The molecule has 0 fully saturated rings. The number of nitrogen functional groups attached to an aromatic ring is 2. The molecule has 5 nitrogen and oxygen atoms in total. The van der Waals surface area contributed by atoms with Crippen molar-refractivity contribution in [3.8, 4) is 0 Å². The third kappa shape index (κ3) is 2.35. The molecule has 0 aliphatic heterocycles. The molecule has 0 amide bonds. The predicted molar refractivity (Wildman–Crippen MR) is 60.2 cm³/mol. The molecule has 0 atom stereocenters. The lowest BCUT2D eigenvalue weighted by molar-refractivity contribution is -0.146. The van der Waals surface area contributed by atoms with Gasteiger partial charge in [-0.25, -0.2) is 4.68 Å². The van der Waals surface area contributed by atoms with Gasteiger partial charge in [-0.15, -0.1) is 10.2 Å². The number of anilines is 1. The lowest BCUT2D eigenvalue weighted by Crippen LogP contribution is -2.21. The highest BCUT2D eigenvalue weighted by molar-refractivity contribution is 7.99. The SMILES string of the molecule is Nc1ccccc1Sc1nnc(C(F)(F)F)n1N. The summed E-state index contributed by atoms with van der Waals surface area (Å²) in [6, 6.07) is 6.71. The van der Waals surface area contributed by atoms with Crippen LogP contribution in [0.15, 0.2) is 34.3 Å². The monoisotopic (exact) mass is 275 g/mol. The van der Waals surface area contributed by atoms with Gasteiger partial charge in [-0.2, -0.15) is 13.2 Å². The van der Waals surface area contributed by atoms with E-state index in [1.165, 1.54) is 0 Å². The first kappa shape index (κ1) is 12.6. The van der Waals surface area contributed by atoms with Crippen LogP contribution in [0, 0.1) is 0 Å². The Kier molecular flexibility index (Phi) is 3.07. The van der Waals surface area contributed by atoms with Gasteiger partial charge in [0.15, 0.2) is 0 Å². The van der Waals surface area contributed by atoms with Gasteiger partial charge < -0.3 is 11.6 Å². The van der Waals surface area contributed by atoms with E-state index in [9.17, 15) is 13.2 Å². The summed E-state index contributed by atoms with van der Waals surface area (Å²) in [5.74, 6) is 4.05. The molecule has 0 saturated carbocycles. The second kappa shape index (κ2) is 4.41. The molecule has 0 aliphatic rings. The molecule has 2 aromatic rings. The number of aromatic nitrogens is 3. The van der Waals surface area contributed by atoms with Crippen molar-refractivity contribution in [3.63, 3.8) is 0 Å². The summed E-state index contributed by atoms with van der Waals surface area (Å²) < 4.78 is 37.7. The number of nitrogens with zero attached hydrogens (tertiary/aromatic N) is 3. The van der Waals surface area contributed by atoms with E-state index in [0.29, 0.717) is 15.3 Å². The molecule has 0 saturated heterocycles. The second-order valence-electron chi connectivity index (χ2n) is 3.31. The zero-order valence-corrected chi connectivity index (χ0v) is 9.66. The van der Waals surface area contributed by atoms with Crippen LogP contribution in [0.4, 0.5) is 18.9 Å². The summed E-state index contributed by atoms with van der Waals surface area (Å²) in [5, 5.41) is 6.32. The molecule has 4 N–H and O–H groups in total. The Morgan fingerprint density at radius 3 is 2.39 bits per heavy atom. The van der Waals surface area contributed by atoms with Gasteiger partial charge in [-0.05, 0) is 23.9 Å². The van der Waals surface area contributed by atoms with Crippen molar-refractivity contribution < 1.29 is 13.2 Å². The normalized spacial score (nSPS) is 11.7. The minimum atomic E-state index is -4.64. The molecule has 0 spiro atoms. The summed E-state index contributed by atoms with van der Waals surface area (Å²) in [5.41, 5.74) is 6.10. The van der Waals surface area contributed by atoms with Gasteiger partial charge in [0.05, 0.1) is 0 Å². The lowest BCUT2D eigenvalue weighted by atomic mass is 10.3. The first-order chi connectivity index (χ1) is 8.39. The number of para-hydroxylation sites is 1. The Hall–Kier alpha value is -1.90. The Bertz CT molecular complexity index is 566. The van der Waals surface area contributed by atoms with Crippen molar-refractivity contribution in [3.05, 3.63) is 30.1 Å². The number of rotatable bonds is 2. The van der Waals surface area contributed by atoms with E-state index in [4.69, 9.17) is 11.6 Å². The predicted octanol–water partition coefficient (Wildman–Crippen LogP) is 1.74. The summed E-state index contributed by atoms with van der Waals surface area (Å²) in [6.45, 7) is 0. The van der Waals surface area contributed by atoms with E-state index in [2.05, 4.69) is 10.2 Å². The third-order valence-electron chi connectivity index (χ3n) is 2.04. The minimum absolute atomic E-state index is 0.0831. The number of nitrogens with two attached hydrogens (primary N) is 2. The summed E-state index contributed by atoms with van der Waals surface area (Å²) in [6.07, 6.45) is -4.64. The van der Waals surface area contributed by atoms with E-state index in [0.717, 1.165) is 11.8 Å². The average Bonchev–Trinajstić information content (AvgIpc) is 2.63. The molecule has 9 heteroatoms. The van der Waals surface area contributed by atoms with Crippen LogP contribution in [0.1, 0.15) is 5.82 Å². The van der Waals surface area contributed by atoms with Crippen LogP contribution in [0.5, 0.6) is 0 Å². The lowest BCUT2D eigenvalue weighted by Gasteiger charge is -2.06. The van der Waals surface area contributed by atoms with E-state index < -0.39 is 12.0 Å². The standard InChI is InChI=1S/C9H8F3N5S/c10-9(11,12)7-15-16-8(17(7)14)18-6-4-2-1-3-5(6)13/h1-4H,13-14H2. The van der Waals surface area contributed by atoms with Gasteiger partial charge in [0.2, 0.25) is 5.16 Å². The van der Waals surface area contributed by atoms with Gasteiger partial charge in [-0.3, -0.25) is 0 Å². The zero-order valence-electron chi connectivity index (χ0n) is 8.85. The van der Waals surface area contributed by atoms with Gasteiger partial charge in [0.1, 0.15) is 0 Å². The van der Waals surface area contributed by atoms with Crippen molar-refractivity contribution in [2.45, 2.75) is 16.2 Å². The smallest absolute Gasteiger partial charge is 0.398 e. The molecular formula is C9H8F3N5S. The quantitative estimate of drug-likeness (QED) is 0.644. The maximum Gasteiger partial charge on any atom is 0.453 e. The fraction of sp³-hybridized carbons (Fsp3) is 0.111. The highest BCUT2D eigenvalue weighted by atomic mass is 32.2. The second-order valence-corrected chi connectivity index (χ2v) is 4.32. The van der Waals surface area contributed by atoms with Gasteiger partial charge >= 0.3 is 6.18 Å². The third-order valence-corrected chi connectivity index (χ3v) is 3.09. The fourth-order valence-corrected chi connectivity index (χ4v) is 2.01. The Morgan fingerprint density at radius 1 is 1.17 bits per heavy atom. The van der Waals surface area contributed by atoms with Crippen LogP contribution in [0.25, 0.3) is 0 Å². The van der Waals surface area contributed by atoms with E-state index in [-0.39, 0.29) is 5.16 Å². The molecule has 0 aliphatic carbocycles. The highest BCUT2D eigenvalue weighted by Crippen LogP contribution is 2.33. The Morgan fingerprint density at radius 2 is 1.83 bits per heavy atom. The van der Waals surface area contributed by atoms with Crippen LogP contribution in [0.3, 0.4) is 0 Å². The molecule has 0 radical (unpaired) electrons. The van der Waals surface area contributed by atoms with Crippen molar-refractivity contribution in [1.29, 1.82) is 0 Å². The van der Waals surface area contributed by atoms with Crippen LogP contribution in [-0.4, -0.2) is 14.9 Å². The van der Waals surface area contributed by atoms with Gasteiger partial charge in [-0.1, -0.05) is 12.1 Å². The van der Waals surface area contributed by atoms with Crippen LogP contribution >= 0.6 is 11.8 Å². The van der Waals surface area contributed by atoms with Crippen molar-refractivity contribution in [2.24, 2.45) is 0 Å². The molecule has 1 aromatic heterocycles. The number of hydrogen-bond acceptors (Lipinski definition) is 5. The molecule has 96 valence electrons.